The van der Waals surface area contributed by atoms with Gasteiger partial charge in [0.05, 0.1) is 28.6 Å². The molecule has 0 radical (unpaired) electrons. The number of para-hydroxylation sites is 1. The fraction of sp³-hybridized carbons (Fsp3) is 0.0789. The molecule has 2 aromatic heterocycles. The van der Waals surface area contributed by atoms with E-state index in [9.17, 15) is 0 Å². The minimum Gasteiger partial charge on any atom is -0.307 e. The second-order valence-electron chi connectivity index (χ2n) is 11.6. The molecule has 4 heteroatoms. The van der Waals surface area contributed by atoms with E-state index in [-0.39, 0.29) is 5.41 Å². The molecule has 5 aromatic carbocycles. The Morgan fingerprint density at radius 3 is 2.10 bits per heavy atom. The summed E-state index contributed by atoms with van der Waals surface area (Å²) in [5.74, 6) is 0. The Kier molecular flexibility index (Phi) is 5.15. The van der Waals surface area contributed by atoms with Crippen LogP contribution in [0.15, 0.2) is 141 Å². The highest BCUT2D eigenvalue weighted by molar-refractivity contribution is 8.05. The third kappa shape index (κ3) is 3.40. The fourth-order valence-electron chi connectivity index (χ4n) is 6.93. The van der Waals surface area contributed by atoms with E-state index in [4.69, 9.17) is 4.98 Å². The molecule has 0 saturated carbocycles. The van der Waals surface area contributed by atoms with Crippen LogP contribution in [0.1, 0.15) is 25.0 Å². The van der Waals surface area contributed by atoms with Crippen molar-refractivity contribution >= 4 is 45.3 Å². The van der Waals surface area contributed by atoms with Crippen molar-refractivity contribution in [2.45, 2.75) is 38.8 Å². The number of fused-ring (bicyclic) bond motifs is 9. The smallest absolute Gasteiger partial charge is 0.0703 e. The molecule has 0 saturated heterocycles. The van der Waals surface area contributed by atoms with E-state index in [0.717, 1.165) is 16.9 Å². The van der Waals surface area contributed by atoms with Gasteiger partial charge in [-0.2, -0.15) is 0 Å². The van der Waals surface area contributed by atoms with Gasteiger partial charge in [0.1, 0.15) is 0 Å². The Balaban J connectivity index is 1.28. The lowest BCUT2D eigenvalue weighted by Crippen LogP contribution is -2.17. The van der Waals surface area contributed by atoms with Crippen LogP contribution in [0.25, 0.3) is 49.9 Å². The van der Waals surface area contributed by atoms with Crippen molar-refractivity contribution < 1.29 is 0 Å². The van der Waals surface area contributed by atoms with Crippen LogP contribution in [0.4, 0.5) is 0 Å². The van der Waals surface area contributed by atoms with Crippen molar-refractivity contribution in [2.75, 3.05) is 0 Å². The zero-order valence-electron chi connectivity index (χ0n) is 23.3. The molecule has 0 N–H and O–H groups in total. The Bertz CT molecular complexity index is 2210. The monoisotopic (exact) mass is 574 g/mol. The summed E-state index contributed by atoms with van der Waals surface area (Å²) in [5.41, 5.74) is 11.0. The van der Waals surface area contributed by atoms with Crippen LogP contribution in [0.2, 0.25) is 0 Å². The molecule has 42 heavy (non-hydrogen) atoms. The topological polar surface area (TPSA) is 17.8 Å². The number of hydrogen-bond donors (Lipinski definition) is 0. The lowest BCUT2D eigenvalue weighted by Gasteiger charge is -2.25. The van der Waals surface area contributed by atoms with Crippen LogP contribution in [-0.2, 0) is 5.41 Å². The second kappa shape index (κ2) is 8.87. The summed E-state index contributed by atoms with van der Waals surface area (Å²) in [6.07, 6.45) is 2.03. The first kappa shape index (κ1) is 24.4. The van der Waals surface area contributed by atoms with E-state index >= 15 is 0 Å². The standard InChI is InChI=1S/C38H26N2S2/c1-38(2)29-21-35-34(41-32-14-8-9-15-33(32)42-35)20-28(29)26-17-18-27-25-12-6-7-13-31(25)40(37(27)36(26)38)24-16-19-30(39-22-24)23-10-4-3-5-11-23/h3-22H,1-2H3. The SMILES string of the molecule is CC1(C)c2cc3c(cc2-c2ccc4c5ccccc5n(-c5ccc(-c6ccccc6)nc5)c4c21)Sc1ccccc1S3. The average molecular weight is 575 g/mol. The molecule has 0 fully saturated rings. The van der Waals surface area contributed by atoms with E-state index in [0.29, 0.717) is 0 Å². The number of aromatic nitrogens is 2. The maximum Gasteiger partial charge on any atom is 0.0703 e. The quantitative estimate of drug-likeness (QED) is 0.204. The van der Waals surface area contributed by atoms with Crippen LogP contribution < -0.4 is 0 Å². The molecule has 2 nitrogen and oxygen atoms in total. The fourth-order valence-corrected chi connectivity index (χ4v) is 9.21. The van der Waals surface area contributed by atoms with Gasteiger partial charge in [-0.15, -0.1) is 0 Å². The summed E-state index contributed by atoms with van der Waals surface area (Å²) >= 11 is 3.80. The molecule has 7 aromatic rings. The van der Waals surface area contributed by atoms with Crippen LogP contribution in [0.3, 0.4) is 0 Å². The Labute approximate surface area is 253 Å². The molecule has 200 valence electrons. The predicted molar refractivity (Wildman–Crippen MR) is 176 cm³/mol. The number of benzene rings is 5. The first-order chi connectivity index (χ1) is 20.6. The maximum atomic E-state index is 4.93. The van der Waals surface area contributed by atoms with E-state index in [1.165, 1.54) is 63.6 Å². The van der Waals surface area contributed by atoms with Crippen LogP contribution in [0, 0.1) is 0 Å². The minimum absolute atomic E-state index is 0.162. The third-order valence-electron chi connectivity index (χ3n) is 8.87. The molecule has 2 aliphatic rings. The molecular formula is C38H26N2S2. The molecule has 0 spiro atoms. The van der Waals surface area contributed by atoms with Gasteiger partial charge in [-0.05, 0) is 64.7 Å². The first-order valence-corrected chi connectivity index (χ1v) is 15.9. The van der Waals surface area contributed by atoms with Crippen molar-refractivity contribution in [3.63, 3.8) is 0 Å². The third-order valence-corrected chi connectivity index (χ3v) is 11.4. The summed E-state index contributed by atoms with van der Waals surface area (Å²) in [4.78, 5) is 10.3. The van der Waals surface area contributed by atoms with Gasteiger partial charge in [-0.1, -0.05) is 110 Å². The molecule has 1 aliphatic heterocycles. The molecule has 0 amide bonds. The Morgan fingerprint density at radius 2 is 1.33 bits per heavy atom. The molecule has 0 unspecified atom stereocenters. The Hall–Kier alpha value is -4.25. The molecule has 0 bridgehead atoms. The zero-order valence-corrected chi connectivity index (χ0v) is 24.9. The first-order valence-electron chi connectivity index (χ1n) is 14.3. The highest BCUT2D eigenvalue weighted by Gasteiger charge is 2.40. The number of pyridine rings is 1. The van der Waals surface area contributed by atoms with Crippen molar-refractivity contribution in [3.05, 3.63) is 133 Å². The zero-order chi connectivity index (χ0) is 28.0. The van der Waals surface area contributed by atoms with E-state index < -0.39 is 0 Å². The van der Waals surface area contributed by atoms with Crippen molar-refractivity contribution in [1.82, 2.24) is 9.55 Å². The highest BCUT2D eigenvalue weighted by Crippen LogP contribution is 2.57. The highest BCUT2D eigenvalue weighted by atomic mass is 32.2. The van der Waals surface area contributed by atoms with Gasteiger partial charge in [0, 0.05) is 41.3 Å². The molecule has 3 heterocycles. The normalized spacial score (nSPS) is 14.4. The second-order valence-corrected chi connectivity index (χ2v) is 13.8. The molecule has 9 rings (SSSR count). The van der Waals surface area contributed by atoms with Crippen molar-refractivity contribution in [2.24, 2.45) is 0 Å². The summed E-state index contributed by atoms with van der Waals surface area (Å²) in [5, 5.41) is 2.56. The number of rotatable bonds is 2. The van der Waals surface area contributed by atoms with Gasteiger partial charge in [-0.25, -0.2) is 0 Å². The lowest BCUT2D eigenvalue weighted by molar-refractivity contribution is 0.661. The largest absolute Gasteiger partial charge is 0.307 e. The summed E-state index contributed by atoms with van der Waals surface area (Å²) in [6, 6.07) is 41.9. The van der Waals surface area contributed by atoms with E-state index in [1.807, 2.05) is 35.8 Å². The van der Waals surface area contributed by atoms with Crippen molar-refractivity contribution in [1.29, 1.82) is 0 Å². The molecule has 1 aliphatic carbocycles. The minimum atomic E-state index is -0.162. The van der Waals surface area contributed by atoms with E-state index in [1.54, 1.807) is 0 Å². The van der Waals surface area contributed by atoms with Crippen LogP contribution in [0.5, 0.6) is 0 Å². The lowest BCUT2D eigenvalue weighted by atomic mass is 9.81. The van der Waals surface area contributed by atoms with Crippen LogP contribution in [-0.4, -0.2) is 9.55 Å². The summed E-state index contributed by atoms with van der Waals surface area (Å²) < 4.78 is 2.44. The summed E-state index contributed by atoms with van der Waals surface area (Å²) in [6.45, 7) is 4.80. The van der Waals surface area contributed by atoms with Gasteiger partial charge >= 0.3 is 0 Å². The Morgan fingerprint density at radius 1 is 0.619 bits per heavy atom. The summed E-state index contributed by atoms with van der Waals surface area (Å²) in [7, 11) is 0. The number of hydrogen-bond acceptors (Lipinski definition) is 3. The molecular weight excluding hydrogens is 549 g/mol. The number of nitrogens with zero attached hydrogens (tertiary/aromatic N) is 2. The van der Waals surface area contributed by atoms with Crippen LogP contribution >= 0.6 is 23.5 Å². The van der Waals surface area contributed by atoms with Gasteiger partial charge in [0.25, 0.3) is 0 Å². The molecule has 0 atom stereocenters. The predicted octanol–water partition coefficient (Wildman–Crippen LogP) is 10.8. The average Bonchev–Trinajstić information content (AvgIpc) is 3.48. The van der Waals surface area contributed by atoms with E-state index in [2.05, 4.69) is 128 Å². The van der Waals surface area contributed by atoms with Gasteiger partial charge in [-0.3, -0.25) is 4.98 Å². The van der Waals surface area contributed by atoms with Gasteiger partial charge in [0.15, 0.2) is 0 Å². The van der Waals surface area contributed by atoms with Gasteiger partial charge in [0.2, 0.25) is 0 Å². The van der Waals surface area contributed by atoms with Crippen molar-refractivity contribution in [3.8, 4) is 28.1 Å². The van der Waals surface area contributed by atoms with Gasteiger partial charge < -0.3 is 4.57 Å². The maximum absolute atomic E-state index is 4.93.